The normalized spacial score (nSPS) is 15.2. The van der Waals surface area contributed by atoms with Gasteiger partial charge >= 0.3 is 23.7 Å². The lowest BCUT2D eigenvalue weighted by molar-refractivity contribution is -0.141. The third kappa shape index (κ3) is 6.24. The fraction of sp³-hybridized carbons (Fsp3) is 0.235. The molecule has 0 unspecified atom stereocenters. The smallest absolute Gasteiger partial charge is 0.391 e. The van der Waals surface area contributed by atoms with Crippen LogP contribution >= 0.6 is 0 Å². The number of hydrogen-bond acceptors (Lipinski definition) is 9. The lowest BCUT2D eigenvalue weighted by Gasteiger charge is -2.21. The highest BCUT2D eigenvalue weighted by molar-refractivity contribution is 5.89. The molecule has 1 saturated heterocycles. The fourth-order valence-electron chi connectivity index (χ4n) is 6.12. The number of benzene rings is 2. The van der Waals surface area contributed by atoms with Gasteiger partial charge in [-0.15, -0.1) is 0 Å². The molecule has 1 aliphatic heterocycles. The Balaban J connectivity index is 1.32. The van der Waals surface area contributed by atoms with Crippen LogP contribution < -0.4 is 21.6 Å². The molecule has 7 rings (SSSR count). The van der Waals surface area contributed by atoms with Crippen LogP contribution in [-0.4, -0.2) is 53.4 Å². The number of aromatic nitrogens is 6. The molecule has 0 amide bonds. The first-order chi connectivity index (χ1) is 24.2. The van der Waals surface area contributed by atoms with E-state index in [2.05, 4.69) is 25.3 Å². The second-order valence-corrected chi connectivity index (χ2v) is 11.9. The topological polar surface area (TPSA) is 131 Å². The predicted octanol–water partition coefficient (Wildman–Crippen LogP) is 5.40. The number of aliphatic hydroxyl groups is 1. The maximum Gasteiger partial charge on any atom is 0.433 e. The Morgan fingerprint density at radius 2 is 1.39 bits per heavy atom. The summed E-state index contributed by atoms with van der Waals surface area (Å²) in [6.07, 6.45) is -9.91. The van der Waals surface area contributed by atoms with E-state index in [4.69, 9.17) is 0 Å². The molecule has 0 radical (unpaired) electrons. The summed E-state index contributed by atoms with van der Waals surface area (Å²) in [7, 11) is 0. The molecule has 5 heterocycles. The number of rotatable bonds is 6. The Morgan fingerprint density at radius 3 is 2.02 bits per heavy atom. The highest BCUT2D eigenvalue weighted by Crippen LogP contribution is 2.34. The molecule has 1 fully saturated rings. The van der Waals surface area contributed by atoms with E-state index >= 15 is 0 Å². The van der Waals surface area contributed by atoms with Crippen molar-refractivity contribution < 1.29 is 31.4 Å². The van der Waals surface area contributed by atoms with Crippen molar-refractivity contribution in [3.05, 3.63) is 116 Å². The summed E-state index contributed by atoms with van der Waals surface area (Å²) < 4.78 is 84.5. The number of β-amino-alcohol motifs (C(OH)–C–C–N with tert-alkyl or cyclic N) is 1. The van der Waals surface area contributed by atoms with Gasteiger partial charge in [0.2, 0.25) is 0 Å². The zero-order chi connectivity index (χ0) is 36.2. The first-order valence-electron chi connectivity index (χ1n) is 15.5. The van der Waals surface area contributed by atoms with Crippen molar-refractivity contribution in [3.8, 4) is 11.4 Å². The summed E-state index contributed by atoms with van der Waals surface area (Å²) in [5.74, 6) is 0.0381. The van der Waals surface area contributed by atoms with Crippen LogP contribution in [0.15, 0.2) is 82.4 Å². The number of fused-ring (bicyclic) bond motifs is 2. The highest BCUT2D eigenvalue weighted by atomic mass is 19.4. The zero-order valence-corrected chi connectivity index (χ0v) is 26.5. The summed E-state index contributed by atoms with van der Waals surface area (Å²) in [5, 5.41) is 13.3. The average Bonchev–Trinajstić information content (AvgIpc) is 3.52. The Labute approximate surface area is 283 Å². The summed E-state index contributed by atoms with van der Waals surface area (Å²) >= 11 is 0. The van der Waals surface area contributed by atoms with E-state index in [1.165, 1.54) is 24.3 Å². The number of alkyl halides is 6. The third-order valence-electron chi connectivity index (χ3n) is 8.62. The van der Waals surface area contributed by atoms with Crippen molar-refractivity contribution in [1.82, 2.24) is 29.1 Å². The van der Waals surface area contributed by atoms with Crippen LogP contribution in [0.5, 0.6) is 0 Å². The van der Waals surface area contributed by atoms with Crippen molar-refractivity contribution in [2.45, 2.75) is 38.3 Å². The summed E-state index contributed by atoms with van der Waals surface area (Å²) in [6, 6.07) is 16.6. The third-order valence-corrected chi connectivity index (χ3v) is 8.62. The van der Waals surface area contributed by atoms with Gasteiger partial charge in [-0.3, -0.25) is 0 Å². The van der Waals surface area contributed by atoms with Gasteiger partial charge < -0.3 is 15.3 Å². The van der Waals surface area contributed by atoms with E-state index in [0.717, 1.165) is 27.3 Å². The molecule has 4 aromatic heterocycles. The minimum absolute atomic E-state index is 0.0638. The zero-order valence-electron chi connectivity index (χ0n) is 26.5. The van der Waals surface area contributed by atoms with E-state index in [1.807, 2.05) is 0 Å². The maximum absolute atomic E-state index is 13.8. The fourth-order valence-corrected chi connectivity index (χ4v) is 6.12. The van der Waals surface area contributed by atoms with Crippen LogP contribution in [0.4, 0.5) is 38.0 Å². The van der Waals surface area contributed by atoms with Crippen molar-refractivity contribution in [2.75, 3.05) is 23.3 Å². The van der Waals surface area contributed by atoms with E-state index in [-0.39, 0.29) is 58.2 Å². The molecule has 0 spiro atoms. The molecule has 0 bridgehead atoms. The van der Waals surface area contributed by atoms with E-state index in [9.17, 15) is 41.0 Å². The second-order valence-electron chi connectivity index (χ2n) is 11.9. The molecule has 2 aromatic carbocycles. The van der Waals surface area contributed by atoms with Crippen molar-refractivity contribution >= 4 is 33.7 Å². The number of hydrogen-bond donors (Lipinski definition) is 2. The molecule has 11 nitrogen and oxygen atoms in total. The van der Waals surface area contributed by atoms with Gasteiger partial charge in [0.1, 0.15) is 23.0 Å². The van der Waals surface area contributed by atoms with Gasteiger partial charge in [0.05, 0.1) is 28.3 Å². The molecular formula is C34H26F6N8O3. The summed E-state index contributed by atoms with van der Waals surface area (Å²) in [5.41, 5.74) is -3.44. The highest BCUT2D eigenvalue weighted by Gasteiger charge is 2.35. The van der Waals surface area contributed by atoms with Crippen molar-refractivity contribution in [2.24, 2.45) is 0 Å². The SMILES string of the molecule is Cc1c(CNc2nc(=O)n(-c3ccccc3)c3nc(C(F)(F)F)ccc23)cccc1-n1c(=O)nc(N2CC[C@@H](O)C2)c2ccc(C(F)(F)F)nc21. The van der Waals surface area contributed by atoms with Crippen LogP contribution in [0.2, 0.25) is 0 Å². The number of anilines is 2. The molecular weight excluding hydrogens is 682 g/mol. The van der Waals surface area contributed by atoms with E-state index in [0.29, 0.717) is 24.1 Å². The molecule has 262 valence electrons. The van der Waals surface area contributed by atoms with Gasteiger partial charge in [0.25, 0.3) is 0 Å². The number of nitrogens with zero attached hydrogens (tertiary/aromatic N) is 7. The molecule has 17 heteroatoms. The first kappa shape index (κ1) is 33.6. The van der Waals surface area contributed by atoms with Crippen molar-refractivity contribution in [3.63, 3.8) is 0 Å². The number of halogens is 6. The minimum Gasteiger partial charge on any atom is -0.391 e. The number of pyridine rings is 2. The van der Waals surface area contributed by atoms with E-state index in [1.54, 1.807) is 42.2 Å². The largest absolute Gasteiger partial charge is 0.433 e. The predicted molar refractivity (Wildman–Crippen MR) is 175 cm³/mol. The monoisotopic (exact) mass is 708 g/mol. The van der Waals surface area contributed by atoms with Gasteiger partial charge in [-0.25, -0.2) is 28.7 Å². The van der Waals surface area contributed by atoms with Gasteiger partial charge in [-0.05, 0) is 66.9 Å². The van der Waals surface area contributed by atoms with Crippen molar-refractivity contribution in [1.29, 1.82) is 0 Å². The quantitative estimate of drug-likeness (QED) is 0.218. The van der Waals surface area contributed by atoms with Crippen LogP contribution in [0.1, 0.15) is 28.9 Å². The molecule has 51 heavy (non-hydrogen) atoms. The Hall–Kier alpha value is -5.84. The molecule has 1 atom stereocenters. The standard InChI is InChI=1S/C34H26F6N8O3/c1-18-19(16-41-27-22-10-12-25(33(35,36)37)42-29(22)47(31(50)44-27)20-7-3-2-4-8-20)6-5-9-24(18)48-30-23(11-13-26(43-30)34(38,39)40)28(45-32(48)51)46-15-14-21(49)17-46/h2-13,21,49H,14-17H2,1H3,(H,41,44,50)/t21-/m1/s1. The lowest BCUT2D eigenvalue weighted by atomic mass is 10.1. The molecule has 0 aliphatic carbocycles. The minimum atomic E-state index is -4.82. The second kappa shape index (κ2) is 12.5. The Morgan fingerprint density at radius 1 is 0.765 bits per heavy atom. The number of para-hydroxylation sites is 1. The van der Waals surface area contributed by atoms with Gasteiger partial charge in [0, 0.05) is 19.6 Å². The van der Waals surface area contributed by atoms with Crippen LogP contribution in [0.25, 0.3) is 33.4 Å². The summed E-state index contributed by atoms with van der Waals surface area (Å²) in [6.45, 7) is 2.03. The molecule has 2 N–H and O–H groups in total. The van der Waals surface area contributed by atoms with Gasteiger partial charge in [-0.1, -0.05) is 30.3 Å². The number of aliphatic hydroxyl groups excluding tert-OH is 1. The van der Waals surface area contributed by atoms with Gasteiger partial charge in [-0.2, -0.15) is 36.3 Å². The Kier molecular flexibility index (Phi) is 8.24. The molecule has 1 aliphatic rings. The average molecular weight is 709 g/mol. The maximum atomic E-state index is 13.8. The first-order valence-corrected chi connectivity index (χ1v) is 15.5. The van der Waals surface area contributed by atoms with Crippen LogP contribution in [0, 0.1) is 6.92 Å². The van der Waals surface area contributed by atoms with E-state index < -0.39 is 41.2 Å². The summed E-state index contributed by atoms with van der Waals surface area (Å²) in [4.78, 5) is 44.5. The molecule has 0 saturated carbocycles. The molecule has 6 aromatic rings. The van der Waals surface area contributed by atoms with Crippen LogP contribution in [-0.2, 0) is 18.9 Å². The number of nitrogens with one attached hydrogen (secondary N) is 1. The Bertz CT molecular complexity index is 2430. The van der Waals surface area contributed by atoms with Crippen LogP contribution in [0.3, 0.4) is 0 Å². The van der Waals surface area contributed by atoms with Gasteiger partial charge in [0.15, 0.2) is 11.3 Å². The lowest BCUT2D eigenvalue weighted by Crippen LogP contribution is -2.30.